The van der Waals surface area contributed by atoms with E-state index < -0.39 is 42.3 Å². The van der Waals surface area contributed by atoms with Crippen LogP contribution < -0.4 is 0 Å². The van der Waals surface area contributed by atoms with Gasteiger partial charge in [-0.15, -0.1) is 0 Å². The molecular formula is C15H26O7. The van der Waals surface area contributed by atoms with Crippen molar-refractivity contribution in [2.24, 2.45) is 0 Å². The van der Waals surface area contributed by atoms with Crippen molar-refractivity contribution in [2.75, 3.05) is 6.61 Å². The molecule has 128 valence electrons. The summed E-state index contributed by atoms with van der Waals surface area (Å²) in [6, 6.07) is 0. The summed E-state index contributed by atoms with van der Waals surface area (Å²) < 4.78 is 20.8. The molecule has 0 amide bonds. The van der Waals surface area contributed by atoms with Crippen molar-refractivity contribution in [3.05, 3.63) is 0 Å². The van der Waals surface area contributed by atoms with Gasteiger partial charge in [0.1, 0.15) is 12.7 Å². The Morgan fingerprint density at radius 3 is 2.00 bits per heavy atom. The van der Waals surface area contributed by atoms with Crippen molar-refractivity contribution in [1.29, 1.82) is 0 Å². The molecule has 1 fully saturated rings. The molecule has 0 bridgehead atoms. The van der Waals surface area contributed by atoms with E-state index in [0.29, 0.717) is 6.42 Å². The molecule has 1 aliphatic heterocycles. The quantitative estimate of drug-likeness (QED) is 0.575. The molecule has 1 heterocycles. The molecule has 0 aromatic heterocycles. The fourth-order valence-corrected chi connectivity index (χ4v) is 2.14. The van der Waals surface area contributed by atoms with Gasteiger partial charge in [0.15, 0.2) is 6.10 Å². The van der Waals surface area contributed by atoms with Crippen LogP contribution in [0.3, 0.4) is 0 Å². The van der Waals surface area contributed by atoms with Gasteiger partial charge >= 0.3 is 17.9 Å². The predicted molar refractivity (Wildman–Crippen MR) is 78.0 cm³/mol. The first-order valence-corrected chi connectivity index (χ1v) is 7.42. The zero-order valence-electron chi connectivity index (χ0n) is 14.1. The zero-order valence-corrected chi connectivity index (χ0v) is 14.1. The molecule has 4 unspecified atom stereocenters. The van der Waals surface area contributed by atoms with E-state index in [2.05, 4.69) is 0 Å². The SMILES string of the molecule is CC.CC(=O)OCC1CC(OC(C)=O)C(OC(C)=O)C(C)O1. The lowest BCUT2D eigenvalue weighted by Gasteiger charge is -2.38. The van der Waals surface area contributed by atoms with E-state index >= 15 is 0 Å². The van der Waals surface area contributed by atoms with Crippen molar-refractivity contribution in [2.45, 2.75) is 72.4 Å². The van der Waals surface area contributed by atoms with Gasteiger partial charge in [0.2, 0.25) is 0 Å². The number of hydrogen-bond donors (Lipinski definition) is 0. The van der Waals surface area contributed by atoms with Crippen LogP contribution >= 0.6 is 0 Å². The molecule has 1 rings (SSSR count). The van der Waals surface area contributed by atoms with Crippen LogP contribution in [0.5, 0.6) is 0 Å². The molecule has 4 atom stereocenters. The molecule has 0 aromatic rings. The summed E-state index contributed by atoms with van der Waals surface area (Å²) >= 11 is 0. The molecule has 7 heteroatoms. The molecule has 7 nitrogen and oxygen atoms in total. The van der Waals surface area contributed by atoms with E-state index in [1.165, 1.54) is 20.8 Å². The summed E-state index contributed by atoms with van der Waals surface area (Å²) in [5.74, 6) is -1.35. The van der Waals surface area contributed by atoms with Gasteiger partial charge in [-0.2, -0.15) is 0 Å². The highest BCUT2D eigenvalue weighted by Crippen LogP contribution is 2.25. The second-order valence-electron chi connectivity index (χ2n) is 4.72. The van der Waals surface area contributed by atoms with Gasteiger partial charge in [-0.3, -0.25) is 14.4 Å². The molecule has 0 N–H and O–H groups in total. The summed E-state index contributed by atoms with van der Waals surface area (Å²) in [5.41, 5.74) is 0. The minimum absolute atomic E-state index is 0.0736. The summed E-state index contributed by atoms with van der Waals surface area (Å²) in [6.07, 6.45) is -1.83. The second-order valence-corrected chi connectivity index (χ2v) is 4.72. The predicted octanol–water partition coefficient (Wildman–Crippen LogP) is 1.62. The Balaban J connectivity index is 0.00000211. The molecule has 0 spiro atoms. The van der Waals surface area contributed by atoms with Crippen LogP contribution in [0.1, 0.15) is 48.0 Å². The van der Waals surface area contributed by atoms with Gasteiger partial charge in [0.25, 0.3) is 0 Å². The Labute approximate surface area is 131 Å². The Kier molecular flexibility index (Phi) is 9.40. The summed E-state index contributed by atoms with van der Waals surface area (Å²) in [6.45, 7) is 9.65. The fraction of sp³-hybridized carbons (Fsp3) is 0.800. The Morgan fingerprint density at radius 2 is 1.55 bits per heavy atom. The van der Waals surface area contributed by atoms with E-state index in [4.69, 9.17) is 18.9 Å². The monoisotopic (exact) mass is 318 g/mol. The number of esters is 3. The number of carbonyl (C=O) groups excluding carboxylic acids is 3. The maximum atomic E-state index is 11.1. The number of rotatable bonds is 4. The van der Waals surface area contributed by atoms with Crippen LogP contribution in [0, 0.1) is 0 Å². The molecule has 1 saturated heterocycles. The van der Waals surface area contributed by atoms with Crippen molar-refractivity contribution in [3.8, 4) is 0 Å². The van der Waals surface area contributed by atoms with Crippen LogP contribution in [-0.4, -0.2) is 48.9 Å². The highest BCUT2D eigenvalue weighted by atomic mass is 16.6. The van der Waals surface area contributed by atoms with E-state index in [0.717, 1.165) is 0 Å². The first-order chi connectivity index (χ1) is 10.3. The normalized spacial score (nSPS) is 27.0. The molecule has 0 aromatic carbocycles. The van der Waals surface area contributed by atoms with Gasteiger partial charge in [-0.05, 0) is 6.92 Å². The van der Waals surface area contributed by atoms with Gasteiger partial charge in [-0.1, -0.05) is 13.8 Å². The third kappa shape index (κ3) is 7.40. The second kappa shape index (κ2) is 10.2. The van der Waals surface area contributed by atoms with Crippen LogP contribution in [0.2, 0.25) is 0 Å². The van der Waals surface area contributed by atoms with E-state index in [1.54, 1.807) is 6.92 Å². The van der Waals surface area contributed by atoms with Crippen LogP contribution in [0.15, 0.2) is 0 Å². The highest BCUT2D eigenvalue weighted by molar-refractivity contribution is 5.67. The third-order valence-electron chi connectivity index (χ3n) is 2.82. The molecule has 22 heavy (non-hydrogen) atoms. The molecule has 1 aliphatic rings. The van der Waals surface area contributed by atoms with Gasteiger partial charge in [0, 0.05) is 27.2 Å². The average Bonchev–Trinajstić information content (AvgIpc) is 2.41. The Bertz CT molecular complexity index is 380. The molecular weight excluding hydrogens is 292 g/mol. The van der Waals surface area contributed by atoms with E-state index in [1.807, 2.05) is 13.8 Å². The van der Waals surface area contributed by atoms with Crippen LogP contribution in [0.4, 0.5) is 0 Å². The summed E-state index contributed by atoms with van der Waals surface area (Å²) in [4.78, 5) is 33.0. The van der Waals surface area contributed by atoms with Crippen molar-refractivity contribution in [1.82, 2.24) is 0 Å². The Hall–Kier alpha value is -1.63. The number of ether oxygens (including phenoxy) is 4. The van der Waals surface area contributed by atoms with Crippen LogP contribution in [-0.2, 0) is 33.3 Å². The lowest BCUT2D eigenvalue weighted by molar-refractivity contribution is -0.209. The summed E-state index contributed by atoms with van der Waals surface area (Å²) in [7, 11) is 0. The molecule has 0 saturated carbocycles. The van der Waals surface area contributed by atoms with Gasteiger partial charge in [-0.25, -0.2) is 0 Å². The largest absolute Gasteiger partial charge is 0.463 e. The average molecular weight is 318 g/mol. The first kappa shape index (κ1) is 20.4. The standard InChI is InChI=1S/C13H20O7.C2H6/c1-7-13(20-10(4)16)12(19-9(3)15)5-11(18-7)6-17-8(2)14;1-2/h7,11-13H,5-6H2,1-4H3;1-2H3. The number of hydrogen-bond acceptors (Lipinski definition) is 7. The summed E-state index contributed by atoms with van der Waals surface area (Å²) in [5, 5.41) is 0. The van der Waals surface area contributed by atoms with E-state index in [-0.39, 0.29) is 6.61 Å². The molecule has 0 aliphatic carbocycles. The minimum atomic E-state index is -0.662. The zero-order chi connectivity index (χ0) is 17.3. The fourth-order valence-electron chi connectivity index (χ4n) is 2.14. The lowest BCUT2D eigenvalue weighted by atomic mass is 9.98. The maximum absolute atomic E-state index is 11.1. The molecule has 0 radical (unpaired) electrons. The smallest absolute Gasteiger partial charge is 0.303 e. The van der Waals surface area contributed by atoms with Crippen molar-refractivity contribution < 1.29 is 33.3 Å². The highest BCUT2D eigenvalue weighted by Gasteiger charge is 2.41. The van der Waals surface area contributed by atoms with Crippen LogP contribution in [0.25, 0.3) is 0 Å². The van der Waals surface area contributed by atoms with Gasteiger partial charge < -0.3 is 18.9 Å². The van der Waals surface area contributed by atoms with Crippen molar-refractivity contribution in [3.63, 3.8) is 0 Å². The maximum Gasteiger partial charge on any atom is 0.303 e. The topological polar surface area (TPSA) is 88.1 Å². The number of carbonyl (C=O) groups is 3. The van der Waals surface area contributed by atoms with Gasteiger partial charge in [0.05, 0.1) is 12.2 Å². The third-order valence-corrected chi connectivity index (χ3v) is 2.82. The lowest BCUT2D eigenvalue weighted by Crippen LogP contribution is -2.51. The van der Waals surface area contributed by atoms with E-state index in [9.17, 15) is 14.4 Å². The minimum Gasteiger partial charge on any atom is -0.463 e. The first-order valence-electron chi connectivity index (χ1n) is 7.42. The Morgan fingerprint density at radius 1 is 1.00 bits per heavy atom. The van der Waals surface area contributed by atoms with Crippen molar-refractivity contribution >= 4 is 17.9 Å².